The number of likely N-dealkylation sites (N-methyl/N-ethyl adjacent to an activating group) is 1. The Bertz CT molecular complexity index is 1310. The summed E-state index contributed by atoms with van der Waals surface area (Å²) in [6.07, 6.45) is 1.88. The van der Waals surface area contributed by atoms with Gasteiger partial charge in [0.05, 0.1) is 11.3 Å². The number of aliphatic imine (C=N–C) groups is 1. The first-order valence-electron chi connectivity index (χ1n) is 12.7. The molecule has 1 aromatic heterocycles. The maximum Gasteiger partial charge on any atom is 0.283 e. The van der Waals surface area contributed by atoms with E-state index in [4.69, 9.17) is 14.7 Å². The van der Waals surface area contributed by atoms with Crippen LogP contribution in [-0.4, -0.2) is 54.1 Å². The SMILES string of the molecule is CC(=O)[O-].Cc1cc(NC(=O)[C@H](C)NC(=O)[C@H](C)NOC(C)(C)C)ccc1N=C1C(=O)N(C)c2ccc[n+](C)c21. The lowest BCUT2D eigenvalue weighted by atomic mass is 10.1. The van der Waals surface area contributed by atoms with Crippen molar-refractivity contribution in [3.8, 4) is 0 Å². The number of anilines is 2. The molecule has 0 saturated carbocycles. The summed E-state index contributed by atoms with van der Waals surface area (Å²) >= 11 is 0. The number of rotatable bonds is 7. The van der Waals surface area contributed by atoms with Crippen LogP contribution in [0.25, 0.3) is 0 Å². The van der Waals surface area contributed by atoms with E-state index in [1.807, 2.05) is 57.6 Å². The number of benzene rings is 1. The van der Waals surface area contributed by atoms with Crippen molar-refractivity contribution in [3.05, 3.63) is 47.8 Å². The van der Waals surface area contributed by atoms with Gasteiger partial charge in [0.25, 0.3) is 11.6 Å². The molecule has 3 rings (SSSR count). The van der Waals surface area contributed by atoms with Crippen LogP contribution in [0.4, 0.5) is 17.1 Å². The number of amides is 3. The molecule has 2 atom stereocenters. The molecule has 1 aliphatic heterocycles. The molecule has 3 N–H and O–H groups in total. The molecule has 2 heterocycles. The number of aliphatic carboxylic acids is 1. The number of fused-ring (bicyclic) bond motifs is 1. The monoisotopic (exact) mass is 554 g/mol. The van der Waals surface area contributed by atoms with Gasteiger partial charge < -0.3 is 25.4 Å². The molecule has 3 amide bonds. The zero-order valence-electron chi connectivity index (χ0n) is 24.4. The second-order valence-corrected chi connectivity index (χ2v) is 10.4. The fourth-order valence-corrected chi connectivity index (χ4v) is 3.58. The molecule has 0 unspecified atom stereocenters. The number of aryl methyl sites for hydroxylation is 2. The fourth-order valence-electron chi connectivity index (χ4n) is 3.58. The first-order chi connectivity index (χ1) is 18.5. The van der Waals surface area contributed by atoms with Crippen LogP contribution in [0, 0.1) is 6.92 Å². The second kappa shape index (κ2) is 13.3. The van der Waals surface area contributed by atoms with Crippen molar-refractivity contribution < 1.29 is 33.7 Å². The molecule has 0 aliphatic carbocycles. The van der Waals surface area contributed by atoms with Crippen LogP contribution in [0.5, 0.6) is 0 Å². The quantitative estimate of drug-likeness (QED) is 0.338. The van der Waals surface area contributed by atoms with E-state index >= 15 is 0 Å². The molecule has 0 saturated heterocycles. The average Bonchev–Trinajstić information content (AvgIpc) is 3.09. The van der Waals surface area contributed by atoms with E-state index in [0.29, 0.717) is 17.1 Å². The summed E-state index contributed by atoms with van der Waals surface area (Å²) in [5, 5.41) is 14.4. The third-order valence-electron chi connectivity index (χ3n) is 5.64. The highest BCUT2D eigenvalue weighted by atomic mass is 16.7. The van der Waals surface area contributed by atoms with Crippen LogP contribution in [0.1, 0.15) is 52.8 Å². The summed E-state index contributed by atoms with van der Waals surface area (Å²) in [5.41, 5.74) is 6.14. The minimum atomic E-state index is -1.08. The molecule has 216 valence electrons. The Labute approximate surface area is 234 Å². The largest absolute Gasteiger partial charge is 0.550 e. The molecule has 2 aromatic rings. The molecular weight excluding hydrogens is 516 g/mol. The van der Waals surface area contributed by atoms with Gasteiger partial charge in [-0.3, -0.25) is 19.2 Å². The molecule has 0 fully saturated rings. The predicted octanol–water partition coefficient (Wildman–Crippen LogP) is 0.824. The summed E-state index contributed by atoms with van der Waals surface area (Å²) in [5.74, 6) is -1.98. The summed E-state index contributed by atoms with van der Waals surface area (Å²) in [6.45, 7) is 11.7. The number of hydrogen-bond donors (Lipinski definition) is 3. The molecule has 0 bridgehead atoms. The number of nitrogens with zero attached hydrogens (tertiary/aromatic N) is 3. The number of hydroxylamine groups is 1. The van der Waals surface area contributed by atoms with Crippen LogP contribution in [-0.2, 0) is 31.1 Å². The fraction of sp³-hybridized carbons (Fsp3) is 0.429. The molecule has 1 aliphatic rings. The third kappa shape index (κ3) is 8.68. The van der Waals surface area contributed by atoms with E-state index in [0.717, 1.165) is 23.9 Å². The Morgan fingerprint density at radius 2 is 1.73 bits per heavy atom. The van der Waals surface area contributed by atoms with Crippen molar-refractivity contribution >= 4 is 46.5 Å². The molecule has 1 aromatic carbocycles. The molecule has 40 heavy (non-hydrogen) atoms. The van der Waals surface area contributed by atoms with Gasteiger partial charge in [0.2, 0.25) is 17.5 Å². The Balaban J connectivity index is 0.00000131. The zero-order valence-corrected chi connectivity index (χ0v) is 24.4. The molecule has 12 nitrogen and oxygen atoms in total. The number of carbonyl (C=O) groups is 4. The van der Waals surface area contributed by atoms with Crippen molar-refractivity contribution in [1.82, 2.24) is 10.8 Å². The Kier molecular flexibility index (Phi) is 10.6. The number of hydrogen-bond acceptors (Lipinski definition) is 8. The van der Waals surface area contributed by atoms with E-state index in [-0.39, 0.29) is 17.7 Å². The summed E-state index contributed by atoms with van der Waals surface area (Å²) in [6, 6.07) is 7.62. The smallest absolute Gasteiger partial charge is 0.283 e. The zero-order chi connectivity index (χ0) is 30.4. The van der Waals surface area contributed by atoms with Crippen molar-refractivity contribution in [2.24, 2.45) is 12.0 Å². The summed E-state index contributed by atoms with van der Waals surface area (Å²) in [4.78, 5) is 58.4. The topological polar surface area (TPSA) is 156 Å². The van der Waals surface area contributed by atoms with Crippen molar-refractivity contribution in [2.45, 2.75) is 66.2 Å². The maximum absolute atomic E-state index is 12.8. The van der Waals surface area contributed by atoms with E-state index in [2.05, 4.69) is 21.1 Å². The van der Waals surface area contributed by atoms with Gasteiger partial charge in [0.1, 0.15) is 24.8 Å². The van der Waals surface area contributed by atoms with Gasteiger partial charge in [-0.05, 0) is 78.3 Å². The van der Waals surface area contributed by atoms with E-state index in [9.17, 15) is 14.4 Å². The predicted molar refractivity (Wildman–Crippen MR) is 149 cm³/mol. The summed E-state index contributed by atoms with van der Waals surface area (Å²) < 4.78 is 1.88. The molecule has 0 spiro atoms. The van der Waals surface area contributed by atoms with E-state index in [1.54, 1.807) is 44.0 Å². The van der Waals surface area contributed by atoms with Crippen molar-refractivity contribution in [3.63, 3.8) is 0 Å². The number of nitrogens with one attached hydrogen (secondary N) is 3. The van der Waals surface area contributed by atoms with Crippen molar-refractivity contribution in [1.29, 1.82) is 0 Å². The maximum atomic E-state index is 12.8. The normalized spacial score (nSPS) is 15.1. The second-order valence-electron chi connectivity index (χ2n) is 10.4. The highest BCUT2D eigenvalue weighted by Gasteiger charge is 2.38. The summed E-state index contributed by atoms with van der Waals surface area (Å²) in [7, 11) is 3.60. The molecule has 12 heteroatoms. The third-order valence-corrected chi connectivity index (χ3v) is 5.64. The Morgan fingerprint density at radius 1 is 1.10 bits per heavy atom. The van der Waals surface area contributed by atoms with Gasteiger partial charge in [0, 0.05) is 24.8 Å². The van der Waals surface area contributed by atoms with Gasteiger partial charge in [-0.1, -0.05) is 0 Å². The first kappa shape index (κ1) is 32.1. The first-order valence-corrected chi connectivity index (χ1v) is 12.7. The van der Waals surface area contributed by atoms with Crippen LogP contribution in [0.15, 0.2) is 41.5 Å². The standard InChI is InChI=1S/C26H34N6O4.C2H4O2/c1-15-14-18(28-23(33)16(2)27-24(34)17(3)30-36-26(4,5)6)11-12-19(15)29-21-22-20(32(8)25(21)35)10-9-13-31(22)7;1-2(3)4/h9-14,16-17,30H,1-8H3,(H,27,34);1H3,(H,3,4)/t16-,17-;/m0./s1. The Morgan fingerprint density at radius 3 is 2.30 bits per heavy atom. The van der Waals surface area contributed by atoms with E-state index in [1.165, 1.54) is 0 Å². The average molecular weight is 555 g/mol. The number of carbonyl (C=O) groups excluding carboxylic acids is 4. The van der Waals surface area contributed by atoms with Gasteiger partial charge in [0.15, 0.2) is 6.20 Å². The lowest BCUT2D eigenvalue weighted by molar-refractivity contribution is -0.671. The number of pyridine rings is 1. The van der Waals surface area contributed by atoms with Crippen LogP contribution in [0.3, 0.4) is 0 Å². The van der Waals surface area contributed by atoms with Crippen molar-refractivity contribution in [2.75, 3.05) is 17.3 Å². The van der Waals surface area contributed by atoms with Gasteiger partial charge in [-0.2, -0.15) is 10.0 Å². The van der Waals surface area contributed by atoms with Gasteiger partial charge >= 0.3 is 0 Å². The highest BCUT2D eigenvalue weighted by molar-refractivity contribution is 6.53. The minimum Gasteiger partial charge on any atom is -0.550 e. The number of carboxylic acid groups (broad SMARTS) is 1. The lowest BCUT2D eigenvalue weighted by Gasteiger charge is -2.23. The minimum absolute atomic E-state index is 0.176. The number of aromatic nitrogens is 1. The lowest BCUT2D eigenvalue weighted by Crippen LogP contribution is -2.50. The highest BCUT2D eigenvalue weighted by Crippen LogP contribution is 2.29. The van der Waals surface area contributed by atoms with Gasteiger partial charge in [-0.15, -0.1) is 0 Å². The van der Waals surface area contributed by atoms with Gasteiger partial charge in [-0.25, -0.2) is 4.99 Å². The van der Waals surface area contributed by atoms with Crippen LogP contribution >= 0.6 is 0 Å². The number of carboxylic acids is 1. The van der Waals surface area contributed by atoms with E-state index < -0.39 is 23.7 Å². The Hall–Kier alpha value is -4.16. The van der Waals surface area contributed by atoms with Crippen LogP contribution in [0.2, 0.25) is 0 Å². The molecule has 0 radical (unpaired) electrons. The molecular formula is C28H38N6O6. The van der Waals surface area contributed by atoms with Crippen LogP contribution < -0.4 is 30.7 Å².